The first-order chi connectivity index (χ1) is 14.5. The molecule has 1 aliphatic rings. The van der Waals surface area contributed by atoms with E-state index in [2.05, 4.69) is 52.0 Å². The van der Waals surface area contributed by atoms with Crippen LogP contribution in [0.25, 0.3) is 5.57 Å². The van der Waals surface area contributed by atoms with Crippen LogP contribution in [0, 0.1) is 12.8 Å². The first-order valence-corrected chi connectivity index (χ1v) is 12.6. The molecule has 3 aromatic rings. The average molecular weight is 482 g/mol. The second-order valence-corrected chi connectivity index (χ2v) is 10.2. The highest BCUT2D eigenvalue weighted by Crippen LogP contribution is 2.39. The van der Waals surface area contributed by atoms with Gasteiger partial charge in [0.25, 0.3) is 0 Å². The first-order valence-electron chi connectivity index (χ1n) is 9.97. The van der Waals surface area contributed by atoms with Gasteiger partial charge in [0.2, 0.25) is 9.84 Å². The van der Waals surface area contributed by atoms with Gasteiger partial charge in [0.15, 0.2) is 0 Å². The molecule has 0 radical (unpaired) electrons. The molecule has 0 N–H and O–H groups in total. The number of rotatable bonds is 5. The number of alkyl halides is 1. The molecule has 3 aromatic carbocycles. The summed E-state index contributed by atoms with van der Waals surface area (Å²) in [6.07, 6.45) is 0. The molecule has 0 saturated heterocycles. The zero-order valence-corrected chi connectivity index (χ0v) is 19.2. The Morgan fingerprint density at radius 2 is 1.50 bits per heavy atom. The molecule has 0 saturated carbocycles. The van der Waals surface area contributed by atoms with Crippen molar-refractivity contribution in [3.8, 4) is 0 Å². The third-order valence-corrected chi connectivity index (χ3v) is 8.20. The molecule has 0 aliphatic carbocycles. The Balaban J connectivity index is 1.90. The molecular weight excluding hydrogens is 458 g/mol. The Kier molecular flexibility index (Phi) is 6.11. The van der Waals surface area contributed by atoms with Gasteiger partial charge in [-0.25, -0.2) is 8.42 Å². The lowest BCUT2D eigenvalue weighted by atomic mass is 9.90. The van der Waals surface area contributed by atoms with Gasteiger partial charge in [0.1, 0.15) is 0 Å². The molecule has 1 heterocycles. The summed E-state index contributed by atoms with van der Waals surface area (Å²) >= 11 is 3.66. The quantitative estimate of drug-likeness (QED) is 0.437. The van der Waals surface area contributed by atoms with Crippen LogP contribution in [-0.4, -0.2) is 26.8 Å². The molecule has 3 nitrogen and oxygen atoms in total. The van der Waals surface area contributed by atoms with Gasteiger partial charge in [-0.05, 0) is 42.3 Å². The molecule has 1 atom stereocenters. The third-order valence-electron chi connectivity index (χ3n) is 5.53. The summed E-state index contributed by atoms with van der Waals surface area (Å²) in [5.74, 6) is 0.0518. The van der Waals surface area contributed by atoms with E-state index in [4.69, 9.17) is 0 Å². The fraction of sp³-hybridized carbons (Fsp3) is 0.200. The standard InChI is InChI=1S/C25H24BrNO2S/c1-19-12-14-22(15-13-19)27-17-21(16-26)25(20-8-4-2-5-9-20)24(18-27)30(28,29)23-10-6-3-7-11-23/h2-15,21H,16-18H2,1H3. The van der Waals surface area contributed by atoms with Crippen molar-refractivity contribution in [2.24, 2.45) is 5.92 Å². The van der Waals surface area contributed by atoms with Crippen LogP contribution in [-0.2, 0) is 9.84 Å². The van der Waals surface area contributed by atoms with Gasteiger partial charge >= 0.3 is 0 Å². The van der Waals surface area contributed by atoms with Gasteiger partial charge in [-0.15, -0.1) is 0 Å². The van der Waals surface area contributed by atoms with Crippen LogP contribution in [0.5, 0.6) is 0 Å². The second kappa shape index (κ2) is 8.78. The van der Waals surface area contributed by atoms with E-state index in [0.717, 1.165) is 23.4 Å². The molecular formula is C25H24BrNO2S. The summed E-state index contributed by atoms with van der Waals surface area (Å²) in [6, 6.07) is 26.9. The molecule has 0 spiro atoms. The van der Waals surface area contributed by atoms with Crippen LogP contribution in [0.15, 0.2) is 94.7 Å². The maximum Gasteiger partial charge on any atom is 0.204 e. The summed E-state index contributed by atoms with van der Waals surface area (Å²) in [5.41, 5.74) is 4.12. The number of halogens is 1. The molecule has 0 fully saturated rings. The zero-order chi connectivity index (χ0) is 21.1. The minimum absolute atomic E-state index is 0.0518. The SMILES string of the molecule is Cc1ccc(N2CC(S(=O)(=O)c3ccccc3)=C(c3ccccc3)C(CBr)C2)cc1. The molecule has 0 amide bonds. The fourth-order valence-electron chi connectivity index (χ4n) is 3.97. The number of nitrogens with zero attached hydrogens (tertiary/aromatic N) is 1. The van der Waals surface area contributed by atoms with Gasteiger partial charge in [-0.2, -0.15) is 0 Å². The predicted molar refractivity (Wildman–Crippen MR) is 128 cm³/mol. The number of benzene rings is 3. The summed E-state index contributed by atoms with van der Waals surface area (Å²) < 4.78 is 27.5. The Bertz CT molecular complexity index is 1140. The van der Waals surface area contributed by atoms with Crippen molar-refractivity contribution < 1.29 is 8.42 Å². The minimum Gasteiger partial charge on any atom is -0.366 e. The minimum atomic E-state index is -3.63. The lowest BCUT2D eigenvalue weighted by Crippen LogP contribution is -2.39. The zero-order valence-electron chi connectivity index (χ0n) is 16.8. The Morgan fingerprint density at radius 1 is 0.900 bits per heavy atom. The van der Waals surface area contributed by atoms with Crippen LogP contribution < -0.4 is 4.90 Å². The summed E-state index contributed by atoms with van der Waals surface area (Å²) in [4.78, 5) is 3.00. The fourth-order valence-corrected chi connectivity index (χ4v) is 6.20. The van der Waals surface area contributed by atoms with Crippen LogP contribution in [0.2, 0.25) is 0 Å². The highest BCUT2D eigenvalue weighted by molar-refractivity contribution is 9.09. The van der Waals surface area contributed by atoms with Crippen molar-refractivity contribution in [2.75, 3.05) is 23.3 Å². The van der Waals surface area contributed by atoms with Gasteiger partial charge in [0.05, 0.1) is 16.3 Å². The van der Waals surface area contributed by atoms with Crippen molar-refractivity contribution in [2.45, 2.75) is 11.8 Å². The molecule has 4 rings (SSSR count). The van der Waals surface area contributed by atoms with Crippen LogP contribution in [0.3, 0.4) is 0 Å². The number of sulfone groups is 1. The summed E-state index contributed by atoms with van der Waals surface area (Å²) in [6.45, 7) is 3.17. The molecule has 154 valence electrons. The molecule has 30 heavy (non-hydrogen) atoms. The molecule has 5 heteroatoms. The topological polar surface area (TPSA) is 37.4 Å². The Labute approximate surface area is 187 Å². The number of hydrogen-bond donors (Lipinski definition) is 0. The van der Waals surface area contributed by atoms with Crippen LogP contribution >= 0.6 is 15.9 Å². The maximum atomic E-state index is 13.8. The van der Waals surface area contributed by atoms with Gasteiger partial charge in [-0.3, -0.25) is 0 Å². The van der Waals surface area contributed by atoms with Crippen molar-refractivity contribution in [3.63, 3.8) is 0 Å². The second-order valence-electron chi connectivity index (χ2n) is 7.59. The number of anilines is 1. The maximum absolute atomic E-state index is 13.8. The van der Waals surface area contributed by atoms with E-state index in [1.165, 1.54) is 5.56 Å². The summed E-state index contributed by atoms with van der Waals surface area (Å²) in [7, 11) is -3.63. The monoisotopic (exact) mass is 481 g/mol. The average Bonchev–Trinajstić information content (AvgIpc) is 2.80. The smallest absolute Gasteiger partial charge is 0.204 e. The van der Waals surface area contributed by atoms with Gasteiger partial charge < -0.3 is 4.90 Å². The van der Waals surface area contributed by atoms with E-state index in [1.54, 1.807) is 24.3 Å². The van der Waals surface area contributed by atoms with Crippen molar-refractivity contribution in [1.29, 1.82) is 0 Å². The molecule has 0 bridgehead atoms. The highest BCUT2D eigenvalue weighted by Gasteiger charge is 2.35. The molecule has 0 aromatic heterocycles. The van der Waals surface area contributed by atoms with Crippen molar-refractivity contribution >= 4 is 37.0 Å². The summed E-state index contributed by atoms with van der Waals surface area (Å²) in [5, 5.41) is 0.688. The van der Waals surface area contributed by atoms with Crippen LogP contribution in [0.4, 0.5) is 5.69 Å². The normalized spacial score (nSPS) is 17.3. The van der Waals surface area contributed by atoms with E-state index in [0.29, 0.717) is 21.7 Å². The van der Waals surface area contributed by atoms with E-state index < -0.39 is 9.84 Å². The Hall–Kier alpha value is -2.37. The largest absolute Gasteiger partial charge is 0.366 e. The van der Waals surface area contributed by atoms with Crippen molar-refractivity contribution in [1.82, 2.24) is 0 Å². The van der Waals surface area contributed by atoms with Gasteiger partial charge in [0, 0.05) is 23.5 Å². The molecule has 1 unspecified atom stereocenters. The van der Waals surface area contributed by atoms with E-state index >= 15 is 0 Å². The number of aryl methyl sites for hydroxylation is 1. The third kappa shape index (κ3) is 4.09. The Morgan fingerprint density at radius 3 is 2.10 bits per heavy atom. The number of hydrogen-bond acceptors (Lipinski definition) is 3. The van der Waals surface area contributed by atoms with Crippen molar-refractivity contribution in [3.05, 3.63) is 101 Å². The van der Waals surface area contributed by atoms with E-state index in [-0.39, 0.29) is 5.92 Å². The highest BCUT2D eigenvalue weighted by atomic mass is 79.9. The lowest BCUT2D eigenvalue weighted by Gasteiger charge is -2.37. The van der Waals surface area contributed by atoms with Gasteiger partial charge in [-0.1, -0.05) is 82.2 Å². The molecule has 1 aliphatic heterocycles. The lowest BCUT2D eigenvalue weighted by molar-refractivity contribution is 0.596. The van der Waals surface area contributed by atoms with Crippen LogP contribution in [0.1, 0.15) is 11.1 Å². The van der Waals surface area contributed by atoms with E-state index in [9.17, 15) is 8.42 Å². The first kappa shape index (κ1) is 20.9. The van der Waals surface area contributed by atoms with E-state index in [1.807, 2.05) is 36.4 Å². The predicted octanol–water partition coefficient (Wildman–Crippen LogP) is 5.71.